The number of rotatable bonds is 3. The van der Waals surface area contributed by atoms with Crippen molar-refractivity contribution in [2.75, 3.05) is 5.32 Å². The second-order valence-corrected chi connectivity index (χ2v) is 4.07. The molecular formula is C12H7ClFN3O3. The Morgan fingerprint density at radius 3 is 2.60 bits per heavy atom. The number of carbonyl (C=O) groups excluding carboxylic acids is 1. The number of aromatic nitrogens is 2. The zero-order valence-corrected chi connectivity index (χ0v) is 10.6. The Labute approximate surface area is 117 Å². The van der Waals surface area contributed by atoms with Crippen molar-refractivity contribution in [2.24, 2.45) is 0 Å². The molecule has 1 amide bonds. The number of nitrogens with zero attached hydrogens (tertiary/aromatic N) is 2. The smallest absolute Gasteiger partial charge is 0.358 e. The maximum absolute atomic E-state index is 13.6. The molecule has 1 aromatic heterocycles. The highest BCUT2D eigenvalue weighted by Gasteiger charge is 2.18. The molecule has 0 bridgehead atoms. The van der Waals surface area contributed by atoms with Crippen LogP contribution in [0.2, 0.25) is 5.02 Å². The standard InChI is InChI=1S/C12H7ClFN3O3/c13-6-1-2-7(8(14)5-6)11(18)17-10-9(12(19)20)15-3-4-16-10/h1-5H,(H,19,20)(H,16,17,18). The summed E-state index contributed by atoms with van der Waals surface area (Å²) in [6.45, 7) is 0. The lowest BCUT2D eigenvalue weighted by molar-refractivity contribution is 0.0691. The summed E-state index contributed by atoms with van der Waals surface area (Å²) in [4.78, 5) is 30.0. The van der Waals surface area contributed by atoms with E-state index in [-0.39, 0.29) is 16.4 Å². The highest BCUT2D eigenvalue weighted by molar-refractivity contribution is 6.30. The fourth-order valence-electron chi connectivity index (χ4n) is 1.43. The summed E-state index contributed by atoms with van der Waals surface area (Å²) < 4.78 is 13.6. The van der Waals surface area contributed by atoms with Gasteiger partial charge in [0.05, 0.1) is 5.56 Å². The van der Waals surface area contributed by atoms with Crippen molar-refractivity contribution in [2.45, 2.75) is 0 Å². The number of hydrogen-bond acceptors (Lipinski definition) is 4. The molecule has 0 atom stereocenters. The fourth-order valence-corrected chi connectivity index (χ4v) is 1.59. The van der Waals surface area contributed by atoms with Crippen molar-refractivity contribution < 1.29 is 19.1 Å². The van der Waals surface area contributed by atoms with Crippen LogP contribution in [0.15, 0.2) is 30.6 Å². The van der Waals surface area contributed by atoms with Gasteiger partial charge in [-0.3, -0.25) is 4.79 Å². The molecule has 20 heavy (non-hydrogen) atoms. The minimum atomic E-state index is -1.36. The van der Waals surface area contributed by atoms with Crippen LogP contribution >= 0.6 is 11.6 Å². The first-order chi connectivity index (χ1) is 9.49. The van der Waals surface area contributed by atoms with Gasteiger partial charge in [0.25, 0.3) is 5.91 Å². The van der Waals surface area contributed by atoms with E-state index in [0.29, 0.717) is 0 Å². The molecule has 0 unspecified atom stereocenters. The Bertz CT molecular complexity index is 693. The maximum atomic E-state index is 13.6. The second-order valence-electron chi connectivity index (χ2n) is 3.64. The van der Waals surface area contributed by atoms with Gasteiger partial charge in [0.2, 0.25) is 0 Å². The lowest BCUT2D eigenvalue weighted by atomic mass is 10.2. The van der Waals surface area contributed by atoms with Crippen molar-refractivity contribution in [3.63, 3.8) is 0 Å². The van der Waals surface area contributed by atoms with Crippen molar-refractivity contribution in [3.05, 3.63) is 52.7 Å². The van der Waals surface area contributed by atoms with Crippen LogP contribution in [0.3, 0.4) is 0 Å². The predicted molar refractivity (Wildman–Crippen MR) is 68.4 cm³/mol. The summed E-state index contributed by atoms with van der Waals surface area (Å²) in [6, 6.07) is 3.50. The van der Waals surface area contributed by atoms with Gasteiger partial charge >= 0.3 is 5.97 Å². The molecule has 1 aromatic carbocycles. The van der Waals surface area contributed by atoms with Gasteiger partial charge in [-0.25, -0.2) is 19.2 Å². The molecule has 0 aliphatic rings. The number of carbonyl (C=O) groups is 2. The van der Waals surface area contributed by atoms with Crippen molar-refractivity contribution in [1.82, 2.24) is 9.97 Å². The van der Waals surface area contributed by atoms with Crippen LogP contribution in [-0.2, 0) is 0 Å². The van der Waals surface area contributed by atoms with Gasteiger partial charge in [-0.05, 0) is 18.2 Å². The molecule has 0 fully saturated rings. The van der Waals surface area contributed by atoms with Gasteiger partial charge in [-0.15, -0.1) is 0 Å². The molecule has 2 N–H and O–H groups in total. The van der Waals surface area contributed by atoms with E-state index >= 15 is 0 Å². The van der Waals surface area contributed by atoms with Gasteiger partial charge in [0, 0.05) is 17.4 Å². The Morgan fingerprint density at radius 1 is 1.25 bits per heavy atom. The van der Waals surface area contributed by atoms with E-state index in [0.717, 1.165) is 6.07 Å². The molecule has 0 saturated heterocycles. The third-order valence-electron chi connectivity index (χ3n) is 2.31. The number of anilines is 1. The van der Waals surface area contributed by atoms with Gasteiger partial charge in [-0.1, -0.05) is 11.6 Å². The summed E-state index contributed by atoms with van der Waals surface area (Å²) in [5.41, 5.74) is -0.716. The molecule has 0 radical (unpaired) electrons. The van der Waals surface area contributed by atoms with E-state index in [1.54, 1.807) is 0 Å². The molecule has 1 heterocycles. The molecule has 2 aromatic rings. The first kappa shape index (κ1) is 13.9. The second kappa shape index (κ2) is 5.62. The number of carboxylic acids is 1. The summed E-state index contributed by atoms with van der Waals surface area (Å²) >= 11 is 5.58. The van der Waals surface area contributed by atoms with Gasteiger partial charge in [-0.2, -0.15) is 0 Å². The van der Waals surface area contributed by atoms with Crippen molar-refractivity contribution in [1.29, 1.82) is 0 Å². The minimum Gasteiger partial charge on any atom is -0.476 e. The van der Waals surface area contributed by atoms with Crippen molar-refractivity contribution in [3.8, 4) is 0 Å². The van der Waals surface area contributed by atoms with Crippen LogP contribution in [0, 0.1) is 5.82 Å². The average Bonchev–Trinajstić information content (AvgIpc) is 2.38. The Morgan fingerprint density at radius 2 is 1.95 bits per heavy atom. The topological polar surface area (TPSA) is 92.2 Å². The Balaban J connectivity index is 2.30. The lowest BCUT2D eigenvalue weighted by Gasteiger charge is -2.07. The average molecular weight is 296 g/mol. The molecule has 0 saturated carbocycles. The molecular weight excluding hydrogens is 289 g/mol. The maximum Gasteiger partial charge on any atom is 0.358 e. The van der Waals surface area contributed by atoms with Crippen LogP contribution in [0.1, 0.15) is 20.8 Å². The van der Waals surface area contributed by atoms with Crippen LogP contribution in [0.5, 0.6) is 0 Å². The molecule has 102 valence electrons. The van der Waals surface area contributed by atoms with Gasteiger partial charge in [0.15, 0.2) is 11.5 Å². The SMILES string of the molecule is O=C(Nc1nccnc1C(=O)O)c1ccc(Cl)cc1F. The van der Waals surface area contributed by atoms with Crippen molar-refractivity contribution >= 4 is 29.3 Å². The number of halogens is 2. The van der Waals surface area contributed by atoms with Gasteiger partial charge < -0.3 is 10.4 Å². The van der Waals surface area contributed by atoms with Crippen LogP contribution < -0.4 is 5.32 Å². The third kappa shape index (κ3) is 2.89. The number of aromatic carboxylic acids is 1. The highest BCUT2D eigenvalue weighted by atomic mass is 35.5. The predicted octanol–water partition coefficient (Wildman–Crippen LogP) is 2.22. The lowest BCUT2D eigenvalue weighted by Crippen LogP contribution is -2.18. The zero-order valence-electron chi connectivity index (χ0n) is 9.80. The number of nitrogens with one attached hydrogen (secondary N) is 1. The number of benzene rings is 1. The van der Waals surface area contributed by atoms with E-state index in [2.05, 4.69) is 15.3 Å². The Kier molecular flexibility index (Phi) is 3.90. The minimum absolute atomic E-state index is 0.143. The first-order valence-corrected chi connectivity index (χ1v) is 5.67. The summed E-state index contributed by atoms with van der Waals surface area (Å²) in [5.74, 6) is -3.29. The van der Waals surface area contributed by atoms with E-state index in [1.165, 1.54) is 24.5 Å². The highest BCUT2D eigenvalue weighted by Crippen LogP contribution is 2.16. The van der Waals surface area contributed by atoms with E-state index in [4.69, 9.17) is 16.7 Å². The van der Waals surface area contributed by atoms with Crippen LogP contribution in [0.25, 0.3) is 0 Å². The van der Waals surface area contributed by atoms with Crippen LogP contribution in [0.4, 0.5) is 10.2 Å². The molecule has 6 nitrogen and oxygen atoms in total. The Hall–Kier alpha value is -2.54. The zero-order chi connectivity index (χ0) is 14.7. The van der Waals surface area contributed by atoms with Gasteiger partial charge in [0.1, 0.15) is 5.82 Å². The summed E-state index contributed by atoms with van der Waals surface area (Å²) in [6.07, 6.45) is 2.38. The van der Waals surface area contributed by atoms with E-state index in [9.17, 15) is 14.0 Å². The summed E-state index contributed by atoms with van der Waals surface area (Å²) in [7, 11) is 0. The van der Waals surface area contributed by atoms with E-state index in [1.807, 2.05) is 0 Å². The first-order valence-electron chi connectivity index (χ1n) is 5.29. The monoisotopic (exact) mass is 295 g/mol. The molecule has 0 aliphatic heterocycles. The molecule has 8 heteroatoms. The summed E-state index contributed by atoms with van der Waals surface area (Å²) in [5, 5.41) is 11.2. The van der Waals surface area contributed by atoms with Crippen LogP contribution in [-0.4, -0.2) is 27.0 Å². The third-order valence-corrected chi connectivity index (χ3v) is 2.54. The number of amides is 1. The van der Waals surface area contributed by atoms with E-state index < -0.39 is 23.4 Å². The molecule has 0 spiro atoms. The quantitative estimate of drug-likeness (QED) is 0.906. The molecule has 0 aliphatic carbocycles. The number of hydrogen-bond donors (Lipinski definition) is 2. The fraction of sp³-hybridized carbons (Fsp3) is 0. The number of carboxylic acid groups (broad SMARTS) is 1. The largest absolute Gasteiger partial charge is 0.476 e. The molecule has 2 rings (SSSR count). The normalized spacial score (nSPS) is 10.1.